The Morgan fingerprint density at radius 3 is 2.46 bits per heavy atom. The Morgan fingerprint density at radius 1 is 1.00 bits per heavy atom. The second-order valence-corrected chi connectivity index (χ2v) is 5.85. The molecule has 0 saturated carbocycles. The van der Waals surface area contributed by atoms with Gasteiger partial charge in [0.2, 0.25) is 5.95 Å². The quantitative estimate of drug-likeness (QED) is 0.672. The molecular weight excluding hydrogens is 363 g/mol. The fourth-order valence-electron chi connectivity index (χ4n) is 2.53. The number of halogens is 1. The van der Waals surface area contributed by atoms with Crippen LogP contribution in [0.1, 0.15) is 16.2 Å². The van der Waals surface area contributed by atoms with E-state index in [2.05, 4.69) is 20.6 Å². The zero-order chi connectivity index (χ0) is 20.1. The third-order valence-corrected chi connectivity index (χ3v) is 3.85. The topological polar surface area (TPSA) is 85.4 Å². The largest absolute Gasteiger partial charge is 0.493 e. The summed E-state index contributed by atoms with van der Waals surface area (Å²) in [5.74, 6) is 0.289. The lowest BCUT2D eigenvalue weighted by molar-refractivity contribution is 0.102. The minimum Gasteiger partial charge on any atom is -0.493 e. The van der Waals surface area contributed by atoms with Crippen LogP contribution in [0.3, 0.4) is 0 Å². The maximum Gasteiger partial charge on any atom is 0.274 e. The van der Waals surface area contributed by atoms with Crippen LogP contribution in [0.5, 0.6) is 11.5 Å². The number of anilines is 3. The molecule has 1 amide bonds. The molecule has 0 spiro atoms. The van der Waals surface area contributed by atoms with Gasteiger partial charge in [0.15, 0.2) is 11.5 Å². The number of hydrogen-bond acceptors (Lipinski definition) is 6. The van der Waals surface area contributed by atoms with Crippen LogP contribution in [0.25, 0.3) is 0 Å². The predicted molar refractivity (Wildman–Crippen MR) is 104 cm³/mol. The summed E-state index contributed by atoms with van der Waals surface area (Å²) in [6, 6.07) is 12.7. The molecule has 0 aliphatic heterocycles. The Labute approximate surface area is 161 Å². The number of aromatic nitrogens is 2. The van der Waals surface area contributed by atoms with Gasteiger partial charge in [-0.25, -0.2) is 14.4 Å². The first-order valence-corrected chi connectivity index (χ1v) is 8.41. The number of nitrogens with zero attached hydrogens (tertiary/aromatic N) is 2. The Bertz CT molecular complexity index is 1010. The van der Waals surface area contributed by atoms with Crippen LogP contribution >= 0.6 is 0 Å². The van der Waals surface area contributed by atoms with Crippen molar-refractivity contribution in [3.05, 3.63) is 65.7 Å². The lowest BCUT2D eigenvalue weighted by atomic mass is 10.2. The highest BCUT2D eigenvalue weighted by atomic mass is 19.1. The molecule has 0 saturated heterocycles. The number of amides is 1. The van der Waals surface area contributed by atoms with Crippen molar-refractivity contribution < 1.29 is 18.7 Å². The first kappa shape index (κ1) is 19.1. The van der Waals surface area contributed by atoms with Gasteiger partial charge in [-0.2, -0.15) is 0 Å². The third kappa shape index (κ3) is 4.35. The fraction of sp³-hybridized carbons (Fsp3) is 0.150. The van der Waals surface area contributed by atoms with Crippen molar-refractivity contribution in [2.75, 3.05) is 24.9 Å². The van der Waals surface area contributed by atoms with Gasteiger partial charge < -0.3 is 20.1 Å². The highest BCUT2D eigenvalue weighted by Crippen LogP contribution is 2.30. The molecular formula is C20H19FN4O3. The number of methoxy groups -OCH3 is 2. The minimum absolute atomic E-state index is 0.127. The van der Waals surface area contributed by atoms with E-state index >= 15 is 0 Å². The van der Waals surface area contributed by atoms with E-state index in [-0.39, 0.29) is 17.3 Å². The molecule has 0 unspecified atom stereocenters. The molecule has 1 heterocycles. The summed E-state index contributed by atoms with van der Waals surface area (Å²) in [5, 5.41) is 5.54. The molecule has 2 aromatic carbocycles. The zero-order valence-electron chi connectivity index (χ0n) is 15.6. The third-order valence-electron chi connectivity index (χ3n) is 3.85. The van der Waals surface area contributed by atoms with E-state index in [1.54, 1.807) is 49.4 Å². The standard InChI is InChI=1S/C20H19FN4O3/c1-12-10-16(25-20(22-12)24-15-7-5-4-6-14(15)21)19(26)23-13-8-9-17(27-2)18(11-13)28-3/h4-11H,1-3H3,(H,23,26)(H,22,24,25). The molecule has 0 aliphatic rings. The van der Waals surface area contributed by atoms with E-state index in [9.17, 15) is 9.18 Å². The van der Waals surface area contributed by atoms with Gasteiger partial charge in [-0.15, -0.1) is 0 Å². The second-order valence-electron chi connectivity index (χ2n) is 5.85. The van der Waals surface area contributed by atoms with Crippen LogP contribution < -0.4 is 20.1 Å². The maximum absolute atomic E-state index is 13.8. The number of benzene rings is 2. The van der Waals surface area contributed by atoms with Crippen LogP contribution in [0.2, 0.25) is 0 Å². The zero-order valence-corrected chi connectivity index (χ0v) is 15.6. The molecule has 0 fully saturated rings. The van der Waals surface area contributed by atoms with Gasteiger partial charge in [-0.05, 0) is 37.3 Å². The van der Waals surface area contributed by atoms with Crippen LogP contribution in [0, 0.1) is 12.7 Å². The van der Waals surface area contributed by atoms with Gasteiger partial charge >= 0.3 is 0 Å². The second kappa shape index (κ2) is 8.34. The summed E-state index contributed by atoms with van der Waals surface area (Å²) in [7, 11) is 3.04. The first-order valence-electron chi connectivity index (χ1n) is 8.41. The van der Waals surface area contributed by atoms with Gasteiger partial charge in [0.1, 0.15) is 11.5 Å². The number of ether oxygens (including phenoxy) is 2. The van der Waals surface area contributed by atoms with Crippen molar-refractivity contribution in [2.45, 2.75) is 6.92 Å². The van der Waals surface area contributed by atoms with E-state index < -0.39 is 11.7 Å². The number of carbonyl (C=O) groups is 1. The lowest BCUT2D eigenvalue weighted by Gasteiger charge is -2.11. The molecule has 1 aromatic heterocycles. The molecule has 0 bridgehead atoms. The van der Waals surface area contributed by atoms with E-state index in [4.69, 9.17) is 9.47 Å². The van der Waals surface area contributed by atoms with Gasteiger partial charge in [0.05, 0.1) is 19.9 Å². The molecule has 8 heteroatoms. The Hall–Kier alpha value is -3.68. The summed E-state index contributed by atoms with van der Waals surface area (Å²) in [4.78, 5) is 21.0. The van der Waals surface area contributed by atoms with Crippen molar-refractivity contribution in [2.24, 2.45) is 0 Å². The van der Waals surface area contributed by atoms with Crippen molar-refractivity contribution in [3.63, 3.8) is 0 Å². The SMILES string of the molecule is COc1ccc(NC(=O)c2cc(C)nc(Nc3ccccc3F)n2)cc1OC. The van der Waals surface area contributed by atoms with Gasteiger partial charge in [0, 0.05) is 17.4 Å². The summed E-state index contributed by atoms with van der Waals surface area (Å²) in [5.41, 5.74) is 1.44. The number of aryl methyl sites for hydroxylation is 1. The van der Waals surface area contributed by atoms with Gasteiger partial charge in [0.25, 0.3) is 5.91 Å². The number of rotatable bonds is 6. The molecule has 3 rings (SSSR count). The monoisotopic (exact) mass is 382 g/mol. The smallest absolute Gasteiger partial charge is 0.274 e. The van der Waals surface area contributed by atoms with Crippen LogP contribution in [0.4, 0.5) is 21.7 Å². The van der Waals surface area contributed by atoms with E-state index in [0.29, 0.717) is 22.9 Å². The van der Waals surface area contributed by atoms with Gasteiger partial charge in [-0.3, -0.25) is 4.79 Å². The fourth-order valence-corrected chi connectivity index (χ4v) is 2.53. The van der Waals surface area contributed by atoms with E-state index in [0.717, 1.165) is 0 Å². The molecule has 0 radical (unpaired) electrons. The lowest BCUT2D eigenvalue weighted by Crippen LogP contribution is -2.15. The number of carbonyl (C=O) groups excluding carboxylic acids is 1. The number of hydrogen-bond donors (Lipinski definition) is 2. The Balaban J connectivity index is 1.82. The summed E-state index contributed by atoms with van der Waals surface area (Å²) >= 11 is 0. The molecule has 0 aliphatic carbocycles. The van der Waals surface area contributed by atoms with Crippen LogP contribution in [0.15, 0.2) is 48.5 Å². The van der Waals surface area contributed by atoms with Crippen molar-refractivity contribution in [1.29, 1.82) is 0 Å². The molecule has 7 nitrogen and oxygen atoms in total. The van der Waals surface area contributed by atoms with Crippen molar-refractivity contribution in [1.82, 2.24) is 9.97 Å². The maximum atomic E-state index is 13.8. The van der Waals surface area contributed by atoms with Crippen LogP contribution in [-0.4, -0.2) is 30.1 Å². The summed E-state index contributed by atoms with van der Waals surface area (Å²) in [6.07, 6.45) is 0. The Morgan fingerprint density at radius 2 is 1.75 bits per heavy atom. The number of nitrogens with one attached hydrogen (secondary N) is 2. The van der Waals surface area contributed by atoms with E-state index in [1.165, 1.54) is 20.3 Å². The predicted octanol–water partition coefficient (Wildman–Crippen LogP) is 3.94. The molecule has 2 N–H and O–H groups in total. The van der Waals surface area contributed by atoms with Crippen molar-refractivity contribution in [3.8, 4) is 11.5 Å². The summed E-state index contributed by atoms with van der Waals surface area (Å²) < 4.78 is 24.3. The molecule has 0 atom stereocenters. The normalized spacial score (nSPS) is 10.3. The molecule has 3 aromatic rings. The number of para-hydroxylation sites is 1. The molecule has 144 valence electrons. The van der Waals surface area contributed by atoms with Crippen LogP contribution in [-0.2, 0) is 0 Å². The average molecular weight is 382 g/mol. The van der Waals surface area contributed by atoms with E-state index in [1.807, 2.05) is 0 Å². The van der Waals surface area contributed by atoms with Gasteiger partial charge in [-0.1, -0.05) is 12.1 Å². The minimum atomic E-state index is -0.441. The molecule has 28 heavy (non-hydrogen) atoms. The summed E-state index contributed by atoms with van der Waals surface area (Å²) in [6.45, 7) is 1.72. The average Bonchev–Trinajstić information content (AvgIpc) is 2.69. The highest BCUT2D eigenvalue weighted by molar-refractivity contribution is 6.03. The highest BCUT2D eigenvalue weighted by Gasteiger charge is 2.13. The first-order chi connectivity index (χ1) is 13.5. The van der Waals surface area contributed by atoms with Crippen molar-refractivity contribution >= 4 is 23.2 Å². The Kier molecular flexibility index (Phi) is 5.69.